The summed E-state index contributed by atoms with van der Waals surface area (Å²) in [5.74, 6) is -1.25. The lowest BCUT2D eigenvalue weighted by molar-refractivity contribution is -0.115. The molecule has 2 unspecified atom stereocenters. The van der Waals surface area contributed by atoms with E-state index in [0.29, 0.717) is 23.5 Å². The minimum atomic E-state index is -0.607. The first-order valence-electron chi connectivity index (χ1n) is 11.7. The number of carbonyl (C=O) groups is 2. The molecule has 35 heavy (non-hydrogen) atoms. The number of hydrogen-bond donors (Lipinski definition) is 2. The Bertz CT molecular complexity index is 1270. The maximum Gasteiger partial charge on any atom is 0.337 e. The lowest BCUT2D eigenvalue weighted by Crippen LogP contribution is -2.22. The number of methoxy groups -OCH3 is 1. The molecule has 2 aliphatic rings. The van der Waals surface area contributed by atoms with Crippen molar-refractivity contribution >= 4 is 29.0 Å². The zero-order chi connectivity index (χ0) is 24.4. The van der Waals surface area contributed by atoms with Gasteiger partial charge in [0.05, 0.1) is 30.2 Å². The molecule has 2 aliphatic heterocycles. The number of anilines is 1. The standard InChI is InChI=1S/C28H27N3O4/c1-35-28(34)20-9-12-23-24(15-20)30-27(33)25(23)26(19-5-3-2-4-6-19)29-21-10-7-18(8-11-21)16-31-14-13-22(32)17-31/h2-12,15,22,25,32H,13-14,16-17H2,1H3,(H,30,33). The van der Waals surface area contributed by atoms with Gasteiger partial charge >= 0.3 is 5.97 Å². The quantitative estimate of drug-likeness (QED) is 0.422. The van der Waals surface area contributed by atoms with Crippen LogP contribution in [0.3, 0.4) is 0 Å². The molecule has 0 spiro atoms. The number of aliphatic hydroxyl groups excluding tert-OH is 1. The lowest BCUT2D eigenvalue weighted by atomic mass is 9.90. The highest BCUT2D eigenvalue weighted by molar-refractivity contribution is 6.24. The minimum Gasteiger partial charge on any atom is -0.465 e. The molecule has 1 fully saturated rings. The van der Waals surface area contributed by atoms with Gasteiger partial charge in [0.1, 0.15) is 5.92 Å². The first-order valence-corrected chi connectivity index (χ1v) is 11.7. The number of rotatable bonds is 6. The van der Waals surface area contributed by atoms with Crippen LogP contribution in [0.5, 0.6) is 0 Å². The molecule has 2 N–H and O–H groups in total. The van der Waals surface area contributed by atoms with Crippen molar-refractivity contribution in [1.29, 1.82) is 0 Å². The summed E-state index contributed by atoms with van der Waals surface area (Å²) in [6.07, 6.45) is 0.575. The number of esters is 1. The number of amides is 1. The van der Waals surface area contributed by atoms with E-state index >= 15 is 0 Å². The van der Waals surface area contributed by atoms with E-state index in [2.05, 4.69) is 10.2 Å². The van der Waals surface area contributed by atoms with Gasteiger partial charge in [-0.05, 0) is 47.4 Å². The second kappa shape index (κ2) is 9.82. The summed E-state index contributed by atoms with van der Waals surface area (Å²) in [7, 11) is 1.33. The van der Waals surface area contributed by atoms with Crippen molar-refractivity contribution in [3.63, 3.8) is 0 Å². The molecule has 0 radical (unpaired) electrons. The van der Waals surface area contributed by atoms with Gasteiger partial charge in [0.2, 0.25) is 5.91 Å². The summed E-state index contributed by atoms with van der Waals surface area (Å²) < 4.78 is 4.81. The van der Waals surface area contributed by atoms with Crippen molar-refractivity contribution in [2.45, 2.75) is 25.0 Å². The Labute approximate surface area is 204 Å². The van der Waals surface area contributed by atoms with E-state index in [1.165, 1.54) is 7.11 Å². The second-order valence-electron chi connectivity index (χ2n) is 8.92. The molecule has 7 heteroatoms. The molecule has 0 bridgehead atoms. The van der Waals surface area contributed by atoms with Gasteiger partial charge in [-0.3, -0.25) is 14.7 Å². The van der Waals surface area contributed by atoms with Gasteiger partial charge in [0.15, 0.2) is 0 Å². The molecule has 5 rings (SSSR count). The van der Waals surface area contributed by atoms with Crippen LogP contribution in [0, 0.1) is 0 Å². The molecule has 3 aromatic rings. The van der Waals surface area contributed by atoms with Gasteiger partial charge in [0.25, 0.3) is 0 Å². The highest BCUT2D eigenvalue weighted by atomic mass is 16.5. The largest absolute Gasteiger partial charge is 0.465 e. The summed E-state index contributed by atoms with van der Waals surface area (Å²) in [5.41, 5.74) is 5.14. The SMILES string of the molecule is COC(=O)c1ccc2c(c1)NC(=O)C2C(=Nc1ccc(CN2CCC(O)C2)cc1)c1ccccc1. The molecular weight excluding hydrogens is 442 g/mol. The third-order valence-electron chi connectivity index (χ3n) is 6.49. The van der Waals surface area contributed by atoms with E-state index in [1.807, 2.05) is 54.6 Å². The van der Waals surface area contributed by atoms with Crippen molar-refractivity contribution in [3.8, 4) is 0 Å². The zero-order valence-electron chi connectivity index (χ0n) is 19.5. The monoisotopic (exact) mass is 469 g/mol. The first kappa shape index (κ1) is 23.0. The number of aliphatic hydroxyl groups is 1. The Morgan fingerprint density at radius 1 is 1.09 bits per heavy atom. The van der Waals surface area contributed by atoms with Crippen molar-refractivity contribution in [1.82, 2.24) is 4.90 Å². The second-order valence-corrected chi connectivity index (χ2v) is 8.92. The van der Waals surface area contributed by atoms with Crippen LogP contribution < -0.4 is 5.32 Å². The molecule has 2 heterocycles. The molecular formula is C28H27N3O4. The van der Waals surface area contributed by atoms with Crippen molar-refractivity contribution in [3.05, 3.63) is 95.1 Å². The van der Waals surface area contributed by atoms with Crippen LogP contribution in [0.25, 0.3) is 0 Å². The van der Waals surface area contributed by atoms with Crippen LogP contribution in [0.2, 0.25) is 0 Å². The summed E-state index contributed by atoms with van der Waals surface area (Å²) in [4.78, 5) is 32.2. The summed E-state index contributed by atoms with van der Waals surface area (Å²) in [6.45, 7) is 2.38. The smallest absolute Gasteiger partial charge is 0.337 e. The topological polar surface area (TPSA) is 91.2 Å². The highest BCUT2D eigenvalue weighted by Crippen LogP contribution is 2.37. The van der Waals surface area contributed by atoms with Gasteiger partial charge in [-0.25, -0.2) is 4.79 Å². The molecule has 1 amide bonds. The molecule has 7 nitrogen and oxygen atoms in total. The average Bonchev–Trinajstić information content (AvgIpc) is 3.44. The number of aliphatic imine (C=N–C) groups is 1. The van der Waals surface area contributed by atoms with Crippen LogP contribution in [0.15, 0.2) is 77.8 Å². The molecule has 2 atom stereocenters. The Hall–Kier alpha value is -3.81. The molecule has 1 saturated heterocycles. The van der Waals surface area contributed by atoms with Gasteiger partial charge in [-0.1, -0.05) is 48.5 Å². The molecule has 178 valence electrons. The Morgan fingerprint density at radius 3 is 2.54 bits per heavy atom. The van der Waals surface area contributed by atoms with E-state index in [1.54, 1.807) is 18.2 Å². The lowest BCUT2D eigenvalue weighted by Gasteiger charge is -2.16. The van der Waals surface area contributed by atoms with Crippen molar-refractivity contribution in [2.75, 3.05) is 25.5 Å². The van der Waals surface area contributed by atoms with Crippen LogP contribution in [-0.4, -0.2) is 53.9 Å². The van der Waals surface area contributed by atoms with Crippen LogP contribution in [-0.2, 0) is 16.1 Å². The van der Waals surface area contributed by atoms with Crippen molar-refractivity contribution in [2.24, 2.45) is 4.99 Å². The van der Waals surface area contributed by atoms with Gasteiger partial charge in [0, 0.05) is 25.3 Å². The number of hydrogen-bond acceptors (Lipinski definition) is 6. The van der Waals surface area contributed by atoms with Crippen molar-refractivity contribution < 1.29 is 19.4 Å². The number of benzene rings is 3. The van der Waals surface area contributed by atoms with E-state index in [0.717, 1.165) is 41.9 Å². The predicted molar refractivity (Wildman–Crippen MR) is 134 cm³/mol. The maximum atomic E-state index is 13.1. The number of β-amino-alcohol motifs (C(OH)–C–C–N with tert-alkyl or cyclic N) is 1. The predicted octanol–water partition coefficient (Wildman–Crippen LogP) is 3.90. The normalized spacial score (nSPS) is 19.9. The first-order chi connectivity index (χ1) is 17.0. The Balaban J connectivity index is 1.48. The molecule has 0 aliphatic carbocycles. The van der Waals surface area contributed by atoms with E-state index in [-0.39, 0.29) is 12.0 Å². The Kier molecular flexibility index (Phi) is 6.44. The van der Waals surface area contributed by atoms with E-state index in [9.17, 15) is 14.7 Å². The summed E-state index contributed by atoms with van der Waals surface area (Å²) in [5, 5.41) is 12.7. The molecule has 0 saturated carbocycles. The van der Waals surface area contributed by atoms with Gasteiger partial charge < -0.3 is 15.2 Å². The minimum absolute atomic E-state index is 0.186. The van der Waals surface area contributed by atoms with Crippen LogP contribution in [0.4, 0.5) is 11.4 Å². The Morgan fingerprint density at radius 2 is 1.86 bits per heavy atom. The third-order valence-corrected chi connectivity index (χ3v) is 6.49. The average molecular weight is 470 g/mol. The number of nitrogens with one attached hydrogen (secondary N) is 1. The van der Waals surface area contributed by atoms with Crippen LogP contribution in [0.1, 0.15) is 39.4 Å². The number of nitrogens with zero attached hydrogens (tertiary/aromatic N) is 2. The number of ether oxygens (including phenoxy) is 1. The third kappa shape index (κ3) is 4.87. The zero-order valence-corrected chi connectivity index (χ0v) is 19.5. The molecule has 3 aromatic carbocycles. The van der Waals surface area contributed by atoms with E-state index < -0.39 is 11.9 Å². The highest BCUT2D eigenvalue weighted by Gasteiger charge is 2.36. The molecule has 0 aromatic heterocycles. The summed E-state index contributed by atoms with van der Waals surface area (Å²) in [6, 6.07) is 22.8. The maximum absolute atomic E-state index is 13.1. The fourth-order valence-electron chi connectivity index (χ4n) is 4.71. The fraction of sp³-hybridized carbons (Fsp3) is 0.250. The van der Waals surface area contributed by atoms with Crippen LogP contribution >= 0.6 is 0 Å². The van der Waals surface area contributed by atoms with Gasteiger partial charge in [-0.15, -0.1) is 0 Å². The number of carbonyl (C=O) groups excluding carboxylic acids is 2. The summed E-state index contributed by atoms with van der Waals surface area (Å²) >= 11 is 0. The fourth-order valence-corrected chi connectivity index (χ4v) is 4.71. The van der Waals surface area contributed by atoms with E-state index in [4.69, 9.17) is 9.73 Å². The van der Waals surface area contributed by atoms with Gasteiger partial charge in [-0.2, -0.15) is 0 Å². The number of fused-ring (bicyclic) bond motifs is 1. The number of likely N-dealkylation sites (tertiary alicyclic amines) is 1.